The first-order valence-corrected chi connectivity index (χ1v) is 8.80. The fourth-order valence-electron chi connectivity index (χ4n) is 2.50. The molecule has 1 heterocycles. The molecule has 0 radical (unpaired) electrons. The summed E-state index contributed by atoms with van der Waals surface area (Å²) in [6.07, 6.45) is 2.94. The molecule has 0 aliphatic heterocycles. The Labute approximate surface area is 163 Å². The number of anilines is 3. The van der Waals surface area contributed by atoms with Crippen LogP contribution in [-0.2, 0) is 11.3 Å². The largest absolute Gasteiger partial charge is 0.350 e. The lowest BCUT2D eigenvalue weighted by atomic mass is 10.1. The number of hydrogen-bond donors (Lipinski definition) is 3. The van der Waals surface area contributed by atoms with Gasteiger partial charge in [-0.3, -0.25) is 9.59 Å². The van der Waals surface area contributed by atoms with Crippen LogP contribution in [0.15, 0.2) is 60.9 Å². The van der Waals surface area contributed by atoms with Crippen LogP contribution < -0.4 is 16.0 Å². The van der Waals surface area contributed by atoms with Gasteiger partial charge in [0.15, 0.2) is 0 Å². The second-order valence-corrected chi connectivity index (χ2v) is 6.35. The summed E-state index contributed by atoms with van der Waals surface area (Å²) in [7, 11) is 0. The zero-order chi connectivity index (χ0) is 19.9. The maximum Gasteiger partial charge on any atom is 0.258 e. The van der Waals surface area contributed by atoms with Gasteiger partial charge in [-0.05, 0) is 30.7 Å². The highest BCUT2D eigenvalue weighted by molar-refractivity contribution is 6.04. The first kappa shape index (κ1) is 19.0. The van der Waals surface area contributed by atoms with Crippen molar-refractivity contribution in [3.63, 3.8) is 0 Å². The minimum absolute atomic E-state index is 0.175. The lowest BCUT2D eigenvalue weighted by Gasteiger charge is -2.08. The predicted molar refractivity (Wildman–Crippen MR) is 109 cm³/mol. The van der Waals surface area contributed by atoms with Gasteiger partial charge in [-0.25, -0.2) is 9.97 Å². The third-order valence-corrected chi connectivity index (χ3v) is 3.93. The number of amides is 2. The number of nitrogens with zero attached hydrogens (tertiary/aromatic N) is 2. The molecule has 0 spiro atoms. The molecule has 0 bridgehead atoms. The first-order chi connectivity index (χ1) is 13.5. The Hall–Kier alpha value is -3.74. The highest BCUT2D eigenvalue weighted by atomic mass is 16.2. The molecule has 0 atom stereocenters. The van der Waals surface area contributed by atoms with Crippen molar-refractivity contribution in [1.29, 1.82) is 0 Å². The summed E-state index contributed by atoms with van der Waals surface area (Å²) < 4.78 is 0. The number of carbonyl (C=O) groups is 2. The molecule has 0 saturated carbocycles. The van der Waals surface area contributed by atoms with E-state index in [1.807, 2.05) is 31.2 Å². The van der Waals surface area contributed by atoms with E-state index < -0.39 is 0 Å². The lowest BCUT2D eigenvalue weighted by Crippen LogP contribution is -2.14. The summed E-state index contributed by atoms with van der Waals surface area (Å²) >= 11 is 0. The number of nitrogens with one attached hydrogen (secondary N) is 3. The Kier molecular flexibility index (Phi) is 5.96. The van der Waals surface area contributed by atoms with Gasteiger partial charge in [0.05, 0.1) is 5.56 Å². The van der Waals surface area contributed by atoms with Crippen LogP contribution in [0, 0.1) is 6.92 Å². The van der Waals surface area contributed by atoms with Crippen LogP contribution in [0.5, 0.6) is 0 Å². The monoisotopic (exact) mass is 375 g/mol. The summed E-state index contributed by atoms with van der Waals surface area (Å²) in [6.45, 7) is 4.07. The molecule has 7 heteroatoms. The lowest BCUT2D eigenvalue weighted by molar-refractivity contribution is -0.114. The fraction of sp³-hybridized carbons (Fsp3) is 0.143. The van der Waals surface area contributed by atoms with E-state index in [0.717, 1.165) is 5.56 Å². The fourth-order valence-corrected chi connectivity index (χ4v) is 2.50. The van der Waals surface area contributed by atoms with Crippen molar-refractivity contribution in [2.24, 2.45) is 0 Å². The van der Waals surface area contributed by atoms with Crippen molar-refractivity contribution < 1.29 is 9.59 Å². The summed E-state index contributed by atoms with van der Waals surface area (Å²) in [5.74, 6) is -0.0551. The zero-order valence-corrected chi connectivity index (χ0v) is 15.7. The van der Waals surface area contributed by atoms with Crippen molar-refractivity contribution in [2.75, 3.05) is 16.0 Å². The molecule has 0 aliphatic rings. The molecule has 3 rings (SSSR count). The number of hydrogen-bond acceptors (Lipinski definition) is 5. The van der Waals surface area contributed by atoms with Gasteiger partial charge in [0.1, 0.15) is 0 Å². The van der Waals surface area contributed by atoms with E-state index in [4.69, 9.17) is 0 Å². The van der Waals surface area contributed by atoms with Gasteiger partial charge in [0, 0.05) is 37.2 Å². The molecule has 7 nitrogen and oxygen atoms in total. The molecule has 28 heavy (non-hydrogen) atoms. The van der Waals surface area contributed by atoms with E-state index in [1.165, 1.54) is 24.9 Å². The topological polar surface area (TPSA) is 96.0 Å². The van der Waals surface area contributed by atoms with Crippen LogP contribution in [0.3, 0.4) is 0 Å². The Morgan fingerprint density at radius 2 is 1.57 bits per heavy atom. The second kappa shape index (κ2) is 8.77. The average Bonchev–Trinajstić information content (AvgIpc) is 2.68. The Morgan fingerprint density at radius 1 is 0.929 bits per heavy atom. The third kappa shape index (κ3) is 5.38. The van der Waals surface area contributed by atoms with Crippen LogP contribution in [0.25, 0.3) is 0 Å². The summed E-state index contributed by atoms with van der Waals surface area (Å²) in [4.78, 5) is 31.9. The van der Waals surface area contributed by atoms with Gasteiger partial charge in [-0.1, -0.05) is 35.9 Å². The minimum atomic E-state index is -0.329. The summed E-state index contributed by atoms with van der Waals surface area (Å²) in [6, 6.07) is 15.1. The van der Waals surface area contributed by atoms with Crippen LogP contribution in [0.2, 0.25) is 0 Å². The molecule has 0 unspecified atom stereocenters. The van der Waals surface area contributed by atoms with Crippen molar-refractivity contribution in [1.82, 2.24) is 9.97 Å². The number of rotatable bonds is 6. The van der Waals surface area contributed by atoms with Crippen molar-refractivity contribution in [3.05, 3.63) is 77.6 Å². The second-order valence-electron chi connectivity index (χ2n) is 6.35. The molecule has 3 N–H and O–H groups in total. The molecule has 0 saturated heterocycles. The van der Waals surface area contributed by atoms with Gasteiger partial charge in [-0.15, -0.1) is 0 Å². The smallest absolute Gasteiger partial charge is 0.258 e. The van der Waals surface area contributed by atoms with E-state index in [0.29, 0.717) is 29.4 Å². The zero-order valence-electron chi connectivity index (χ0n) is 15.7. The van der Waals surface area contributed by atoms with Crippen LogP contribution in [0.4, 0.5) is 17.3 Å². The molecular formula is C21H21N5O2. The highest BCUT2D eigenvalue weighted by Crippen LogP contribution is 2.16. The molecule has 2 amide bonds. The highest BCUT2D eigenvalue weighted by Gasteiger charge is 2.08. The van der Waals surface area contributed by atoms with E-state index in [1.54, 1.807) is 24.3 Å². The molecule has 142 valence electrons. The number of aryl methyl sites for hydroxylation is 1. The number of aromatic nitrogens is 2. The third-order valence-electron chi connectivity index (χ3n) is 3.93. The van der Waals surface area contributed by atoms with Gasteiger partial charge in [0.2, 0.25) is 11.9 Å². The van der Waals surface area contributed by atoms with Gasteiger partial charge in [0.25, 0.3) is 5.91 Å². The van der Waals surface area contributed by atoms with Crippen LogP contribution >= 0.6 is 0 Å². The van der Waals surface area contributed by atoms with Gasteiger partial charge >= 0.3 is 0 Å². The first-order valence-electron chi connectivity index (χ1n) is 8.80. The molecule has 0 aliphatic carbocycles. The molecule has 2 aromatic carbocycles. The van der Waals surface area contributed by atoms with Crippen molar-refractivity contribution in [2.45, 2.75) is 20.4 Å². The molecule has 3 aromatic rings. The quantitative estimate of drug-likeness (QED) is 0.612. The van der Waals surface area contributed by atoms with Crippen LogP contribution in [0.1, 0.15) is 28.4 Å². The Morgan fingerprint density at radius 3 is 2.21 bits per heavy atom. The summed E-state index contributed by atoms with van der Waals surface area (Å²) in [5.41, 5.74) is 3.84. The maximum absolute atomic E-state index is 12.4. The normalized spacial score (nSPS) is 10.2. The average molecular weight is 375 g/mol. The molecular weight excluding hydrogens is 354 g/mol. The number of benzene rings is 2. The van der Waals surface area contributed by atoms with Gasteiger partial charge < -0.3 is 16.0 Å². The molecule has 0 fully saturated rings. The maximum atomic E-state index is 12.4. The van der Waals surface area contributed by atoms with E-state index in [2.05, 4.69) is 25.9 Å². The number of carbonyl (C=O) groups excluding carboxylic acids is 2. The standard InChI is InChI=1S/C21H21N5O2/c1-14-6-8-16(9-7-14)11-22-21-23-12-17(13-24-21)20(28)26-19-5-3-4-18(10-19)25-15(2)27/h3-10,12-13H,11H2,1-2H3,(H,25,27)(H,26,28)(H,22,23,24). The minimum Gasteiger partial charge on any atom is -0.350 e. The van der Waals surface area contributed by atoms with Crippen LogP contribution in [-0.4, -0.2) is 21.8 Å². The SMILES string of the molecule is CC(=O)Nc1cccc(NC(=O)c2cnc(NCc3ccc(C)cc3)nc2)c1. The molecule has 1 aromatic heterocycles. The van der Waals surface area contributed by atoms with Gasteiger partial charge in [-0.2, -0.15) is 0 Å². The summed E-state index contributed by atoms with van der Waals surface area (Å²) in [5, 5.41) is 8.56. The van der Waals surface area contributed by atoms with E-state index >= 15 is 0 Å². The predicted octanol–water partition coefficient (Wildman–Crippen LogP) is 3.61. The van der Waals surface area contributed by atoms with Crippen molar-refractivity contribution in [3.8, 4) is 0 Å². The van der Waals surface area contributed by atoms with E-state index in [-0.39, 0.29) is 11.8 Å². The Bertz CT molecular complexity index is 969. The van der Waals surface area contributed by atoms with Crippen molar-refractivity contribution >= 4 is 29.1 Å². The Balaban J connectivity index is 1.59. The van der Waals surface area contributed by atoms with E-state index in [9.17, 15) is 9.59 Å².